The average Bonchev–Trinajstić information content (AvgIpc) is 2.49. The Kier molecular flexibility index (Phi) is 13.4. The van der Waals surface area contributed by atoms with Crippen LogP contribution in [0.25, 0.3) is 0 Å². The van der Waals surface area contributed by atoms with Gasteiger partial charge in [-0.15, -0.1) is 0 Å². The van der Waals surface area contributed by atoms with Crippen LogP contribution in [0.3, 0.4) is 0 Å². The van der Waals surface area contributed by atoms with Crippen molar-refractivity contribution in [1.82, 2.24) is 0 Å². The van der Waals surface area contributed by atoms with Crippen molar-refractivity contribution in [1.29, 1.82) is 0 Å². The summed E-state index contributed by atoms with van der Waals surface area (Å²) in [6, 6.07) is 4.71. The third kappa shape index (κ3) is 10.7. The Morgan fingerprint density at radius 1 is 0.650 bits per heavy atom. The number of methoxy groups -OCH3 is 4. The summed E-state index contributed by atoms with van der Waals surface area (Å²) in [4.78, 5) is 0. The van der Waals surface area contributed by atoms with Gasteiger partial charge in [0, 0.05) is 19.0 Å². The lowest BCUT2D eigenvalue weighted by molar-refractivity contribution is 0.0946. The Hall–Kier alpha value is -1.15. The van der Waals surface area contributed by atoms with E-state index >= 15 is 0 Å². The van der Waals surface area contributed by atoms with Crippen molar-refractivity contribution in [3.8, 4) is 0 Å². The van der Waals surface area contributed by atoms with Gasteiger partial charge in [0.25, 0.3) is 11.9 Å². The molecule has 0 bridgehead atoms. The maximum Gasteiger partial charge on any atom is 0.273 e. The third-order valence-electron chi connectivity index (χ3n) is 2.74. The maximum atomic E-state index is 5.03. The van der Waals surface area contributed by atoms with E-state index in [2.05, 4.69) is 12.2 Å². The largest absolute Gasteiger partial charge is 0.469 e. The van der Waals surface area contributed by atoms with Gasteiger partial charge in [-0.2, -0.15) is 0 Å². The summed E-state index contributed by atoms with van der Waals surface area (Å²) in [6.07, 6.45) is 8.72. The Morgan fingerprint density at radius 3 is 1.30 bits per heavy atom. The van der Waals surface area contributed by atoms with Gasteiger partial charge < -0.3 is 18.9 Å². The van der Waals surface area contributed by atoms with Crippen LogP contribution in [0, 0.1) is 0 Å². The van der Waals surface area contributed by atoms with E-state index in [1.807, 2.05) is 12.2 Å². The van der Waals surface area contributed by atoms with Gasteiger partial charge in [0.1, 0.15) is 0 Å². The summed E-state index contributed by atoms with van der Waals surface area (Å²) in [7, 11) is 6.39. The molecule has 0 atom stereocenters. The molecule has 116 valence electrons. The highest BCUT2D eigenvalue weighted by Gasteiger charge is 1.93. The Bertz CT molecular complexity index is 272. The molecule has 0 heterocycles. The number of ether oxygens (including phenoxy) is 4. The molecule has 0 amide bonds. The van der Waals surface area contributed by atoms with Gasteiger partial charge >= 0.3 is 0 Å². The highest BCUT2D eigenvalue weighted by molar-refractivity contribution is 6.37. The molecule has 0 unspecified atom stereocenters. The molecule has 0 radical (unpaired) electrons. The SMILES string of the molecule is COC(=CC[SiH2]CC=CC[SiH2]CC=C(OC)OC)OC. The van der Waals surface area contributed by atoms with Gasteiger partial charge in [-0.05, 0) is 36.3 Å². The van der Waals surface area contributed by atoms with Crippen LogP contribution in [0.2, 0.25) is 24.2 Å². The van der Waals surface area contributed by atoms with Crippen molar-refractivity contribution >= 4 is 19.0 Å². The van der Waals surface area contributed by atoms with Crippen molar-refractivity contribution in [3.63, 3.8) is 0 Å². The van der Waals surface area contributed by atoms with Gasteiger partial charge in [-0.1, -0.05) is 12.2 Å². The van der Waals surface area contributed by atoms with Crippen molar-refractivity contribution in [2.75, 3.05) is 28.4 Å². The Morgan fingerprint density at radius 2 is 1.00 bits per heavy atom. The summed E-state index contributed by atoms with van der Waals surface area (Å²) in [5, 5.41) is 0. The molecule has 6 heteroatoms. The lowest BCUT2D eigenvalue weighted by atomic mass is 10.6. The van der Waals surface area contributed by atoms with E-state index in [0.717, 1.165) is 12.1 Å². The van der Waals surface area contributed by atoms with Crippen LogP contribution < -0.4 is 0 Å². The molecule has 20 heavy (non-hydrogen) atoms. The Labute approximate surface area is 127 Å². The summed E-state index contributed by atoms with van der Waals surface area (Å²) in [5.74, 6) is 1.26. The molecule has 0 rings (SSSR count). The second-order valence-electron chi connectivity index (χ2n) is 4.20. The average molecular weight is 317 g/mol. The smallest absolute Gasteiger partial charge is 0.273 e. The standard InChI is InChI=1S/C14H28O4Si2/c1-15-13(16-2)7-11-19-9-5-6-10-20-12-8-14(17-3)18-4/h5-8H,9-12,19-20H2,1-4H3. The van der Waals surface area contributed by atoms with Crippen molar-refractivity contribution in [2.24, 2.45) is 0 Å². The van der Waals surface area contributed by atoms with E-state index in [9.17, 15) is 0 Å². The fraction of sp³-hybridized carbons (Fsp3) is 0.571. The molecule has 0 spiro atoms. The van der Waals surface area contributed by atoms with Crippen molar-refractivity contribution < 1.29 is 18.9 Å². The quantitative estimate of drug-likeness (QED) is 0.238. The number of hydrogen-bond donors (Lipinski definition) is 0. The molecule has 0 aliphatic rings. The molecule has 0 aliphatic heterocycles. The summed E-state index contributed by atoms with van der Waals surface area (Å²) in [6.45, 7) is 0. The predicted octanol–water partition coefficient (Wildman–Crippen LogP) is 1.82. The summed E-state index contributed by atoms with van der Waals surface area (Å²) >= 11 is 0. The zero-order chi connectivity index (χ0) is 15.1. The van der Waals surface area contributed by atoms with Crippen molar-refractivity contribution in [3.05, 3.63) is 36.2 Å². The first-order valence-corrected chi connectivity index (χ1v) is 11.0. The molecule has 0 fully saturated rings. The minimum absolute atomic E-state index is 0.0696. The number of allylic oxidation sites excluding steroid dienone is 4. The van der Waals surface area contributed by atoms with E-state index in [4.69, 9.17) is 18.9 Å². The van der Waals surface area contributed by atoms with E-state index in [-0.39, 0.29) is 19.0 Å². The number of rotatable bonds is 12. The topological polar surface area (TPSA) is 36.9 Å². The van der Waals surface area contributed by atoms with Gasteiger partial charge in [0.05, 0.1) is 28.4 Å². The van der Waals surface area contributed by atoms with Crippen LogP contribution in [0.1, 0.15) is 0 Å². The molecule has 4 nitrogen and oxygen atoms in total. The highest BCUT2D eigenvalue weighted by Crippen LogP contribution is 2.01. The first-order chi connectivity index (χ1) is 9.78. The van der Waals surface area contributed by atoms with Crippen LogP contribution in [0.4, 0.5) is 0 Å². The molecule has 0 saturated heterocycles. The van der Waals surface area contributed by atoms with Gasteiger partial charge in [0.15, 0.2) is 0 Å². The normalized spacial score (nSPS) is 11.2. The minimum atomic E-state index is -0.0696. The second-order valence-corrected chi connectivity index (χ2v) is 7.92. The summed E-state index contributed by atoms with van der Waals surface area (Å²) < 4.78 is 20.1. The Balaban J connectivity index is 3.54. The third-order valence-corrected chi connectivity index (χ3v) is 5.62. The van der Waals surface area contributed by atoms with Crippen LogP contribution in [-0.4, -0.2) is 47.5 Å². The molecule has 0 N–H and O–H groups in total. The minimum Gasteiger partial charge on any atom is -0.469 e. The molecule has 0 aromatic rings. The van der Waals surface area contributed by atoms with Gasteiger partial charge in [-0.25, -0.2) is 0 Å². The van der Waals surface area contributed by atoms with E-state index in [1.54, 1.807) is 28.4 Å². The molecular formula is C14H28O4Si2. The maximum absolute atomic E-state index is 5.03. The zero-order valence-electron chi connectivity index (χ0n) is 13.2. The first kappa shape index (κ1) is 18.9. The zero-order valence-corrected chi connectivity index (χ0v) is 16.0. The lowest BCUT2D eigenvalue weighted by Crippen LogP contribution is -1.92. The predicted molar refractivity (Wildman–Crippen MR) is 89.7 cm³/mol. The lowest BCUT2D eigenvalue weighted by Gasteiger charge is -2.02. The van der Waals surface area contributed by atoms with Crippen LogP contribution >= 0.6 is 0 Å². The van der Waals surface area contributed by atoms with Crippen LogP contribution in [0.15, 0.2) is 36.2 Å². The molecule has 0 saturated carbocycles. The molecule has 0 aliphatic carbocycles. The highest BCUT2D eigenvalue weighted by atomic mass is 28.2. The fourth-order valence-electron chi connectivity index (χ4n) is 1.65. The molecule has 0 aromatic heterocycles. The van der Waals surface area contributed by atoms with Gasteiger partial charge in [0.2, 0.25) is 0 Å². The molecular weight excluding hydrogens is 288 g/mol. The number of hydrogen-bond acceptors (Lipinski definition) is 4. The van der Waals surface area contributed by atoms with Crippen LogP contribution in [-0.2, 0) is 18.9 Å². The molecule has 0 aromatic carbocycles. The fourth-order valence-corrected chi connectivity index (χ4v) is 3.94. The second kappa shape index (κ2) is 14.3. The van der Waals surface area contributed by atoms with E-state index in [0.29, 0.717) is 11.9 Å². The monoisotopic (exact) mass is 316 g/mol. The first-order valence-electron chi connectivity index (χ1n) is 6.99. The van der Waals surface area contributed by atoms with E-state index in [1.165, 1.54) is 12.1 Å². The summed E-state index contributed by atoms with van der Waals surface area (Å²) in [5.41, 5.74) is 0. The van der Waals surface area contributed by atoms with E-state index < -0.39 is 0 Å². The van der Waals surface area contributed by atoms with Crippen molar-refractivity contribution in [2.45, 2.75) is 24.2 Å². The van der Waals surface area contributed by atoms with Gasteiger partial charge in [-0.3, -0.25) is 0 Å². The van der Waals surface area contributed by atoms with Crippen LogP contribution in [0.5, 0.6) is 0 Å².